The smallest absolute Gasteiger partial charge is 0.226 e. The molecule has 2 unspecified atom stereocenters. The molecule has 2 N–H and O–H groups in total. The molecule has 0 aliphatic carbocycles. The molecule has 17 heavy (non-hydrogen) atoms. The maximum atomic E-state index is 5.60. The number of thiocarbonyl (C=S) groups is 1. The molecule has 92 valence electrons. The highest BCUT2D eigenvalue weighted by Gasteiger charge is 2.26. The van der Waals surface area contributed by atoms with Crippen LogP contribution in [0.2, 0.25) is 0 Å². The van der Waals surface area contributed by atoms with Crippen molar-refractivity contribution in [3.05, 3.63) is 18.0 Å². The van der Waals surface area contributed by atoms with E-state index in [4.69, 9.17) is 18.0 Å². The van der Waals surface area contributed by atoms with Crippen LogP contribution in [0.5, 0.6) is 0 Å². The van der Waals surface area contributed by atoms with Crippen LogP contribution in [0.25, 0.3) is 0 Å². The summed E-state index contributed by atoms with van der Waals surface area (Å²) < 4.78 is 0. The number of aromatic nitrogens is 2. The molecule has 0 bridgehead atoms. The van der Waals surface area contributed by atoms with Gasteiger partial charge in [-0.05, 0) is 31.7 Å². The fraction of sp³-hybridized carbons (Fsp3) is 0.583. The molecule has 0 spiro atoms. The number of hydrogen-bond donors (Lipinski definition) is 1. The van der Waals surface area contributed by atoms with E-state index in [9.17, 15) is 0 Å². The Kier molecular flexibility index (Phi) is 3.57. The molecule has 1 fully saturated rings. The van der Waals surface area contributed by atoms with Crippen LogP contribution in [0.1, 0.15) is 32.4 Å². The van der Waals surface area contributed by atoms with Gasteiger partial charge in [0.1, 0.15) is 10.7 Å². The minimum Gasteiger partial charge on any atom is -0.388 e. The Morgan fingerprint density at radius 1 is 1.53 bits per heavy atom. The van der Waals surface area contributed by atoms with Crippen LogP contribution in [0.3, 0.4) is 0 Å². The summed E-state index contributed by atoms with van der Waals surface area (Å²) >= 11 is 4.94. The molecular weight excluding hydrogens is 232 g/mol. The minimum absolute atomic E-state index is 0.325. The molecule has 1 aromatic heterocycles. The van der Waals surface area contributed by atoms with Crippen molar-refractivity contribution in [3.8, 4) is 0 Å². The van der Waals surface area contributed by atoms with Crippen molar-refractivity contribution in [2.45, 2.75) is 32.7 Å². The molecule has 5 heteroatoms. The van der Waals surface area contributed by atoms with Crippen molar-refractivity contribution in [2.75, 3.05) is 11.4 Å². The fourth-order valence-corrected chi connectivity index (χ4v) is 2.36. The van der Waals surface area contributed by atoms with Crippen LogP contribution < -0.4 is 10.6 Å². The zero-order valence-electron chi connectivity index (χ0n) is 10.3. The van der Waals surface area contributed by atoms with Gasteiger partial charge in [-0.15, -0.1) is 0 Å². The van der Waals surface area contributed by atoms with Crippen molar-refractivity contribution >= 4 is 23.2 Å². The number of anilines is 1. The number of rotatable bonds is 2. The number of hydrogen-bond acceptors (Lipinski definition) is 4. The Morgan fingerprint density at radius 2 is 2.29 bits per heavy atom. The van der Waals surface area contributed by atoms with Gasteiger partial charge in [-0.3, -0.25) is 0 Å². The third-order valence-electron chi connectivity index (χ3n) is 3.53. The minimum atomic E-state index is 0.325. The first-order valence-corrected chi connectivity index (χ1v) is 6.40. The highest BCUT2D eigenvalue weighted by Crippen LogP contribution is 2.25. The Balaban J connectivity index is 2.26. The predicted molar refractivity (Wildman–Crippen MR) is 73.1 cm³/mol. The van der Waals surface area contributed by atoms with Crippen LogP contribution in [-0.4, -0.2) is 27.5 Å². The summed E-state index contributed by atoms with van der Waals surface area (Å²) in [6.07, 6.45) is 4.18. The van der Waals surface area contributed by atoms with Crippen LogP contribution in [0.15, 0.2) is 12.3 Å². The first-order chi connectivity index (χ1) is 8.09. The fourth-order valence-electron chi connectivity index (χ4n) is 2.24. The van der Waals surface area contributed by atoms with E-state index in [0.29, 0.717) is 22.6 Å². The van der Waals surface area contributed by atoms with Gasteiger partial charge in [0.15, 0.2) is 0 Å². The second kappa shape index (κ2) is 4.96. The maximum Gasteiger partial charge on any atom is 0.226 e. The van der Waals surface area contributed by atoms with Crippen LogP contribution in [0, 0.1) is 5.92 Å². The summed E-state index contributed by atoms with van der Waals surface area (Å²) in [6.45, 7) is 5.50. The van der Waals surface area contributed by atoms with Crippen LogP contribution >= 0.6 is 12.2 Å². The van der Waals surface area contributed by atoms with Crippen molar-refractivity contribution in [2.24, 2.45) is 11.7 Å². The molecular formula is C12H18N4S. The summed E-state index contributed by atoms with van der Waals surface area (Å²) in [4.78, 5) is 11.3. The Bertz CT molecular complexity index is 421. The number of nitrogens with zero attached hydrogens (tertiary/aromatic N) is 3. The lowest BCUT2D eigenvalue weighted by Gasteiger charge is -2.37. The Hall–Kier alpha value is -1.23. The molecule has 2 heterocycles. The third kappa shape index (κ3) is 2.54. The monoisotopic (exact) mass is 250 g/mol. The summed E-state index contributed by atoms with van der Waals surface area (Å²) in [5.41, 5.74) is 6.25. The van der Waals surface area contributed by atoms with Gasteiger partial charge < -0.3 is 10.6 Å². The average Bonchev–Trinajstić information content (AvgIpc) is 2.33. The molecule has 0 aromatic carbocycles. The molecule has 4 nitrogen and oxygen atoms in total. The molecule has 1 aliphatic heterocycles. The molecule has 1 aliphatic rings. The highest BCUT2D eigenvalue weighted by atomic mass is 32.1. The Morgan fingerprint density at radius 3 is 3.00 bits per heavy atom. The van der Waals surface area contributed by atoms with E-state index in [1.807, 2.05) is 0 Å². The number of nitrogens with two attached hydrogens (primary N) is 1. The van der Waals surface area contributed by atoms with Gasteiger partial charge in [0.05, 0.1) is 0 Å². The summed E-state index contributed by atoms with van der Waals surface area (Å²) in [6, 6.07) is 2.22. The van der Waals surface area contributed by atoms with Gasteiger partial charge in [-0.1, -0.05) is 19.1 Å². The lowest BCUT2D eigenvalue weighted by atomic mass is 9.92. The summed E-state index contributed by atoms with van der Waals surface area (Å²) in [5, 5.41) is 0. The molecule has 0 saturated carbocycles. The van der Waals surface area contributed by atoms with Crippen molar-refractivity contribution in [1.29, 1.82) is 0 Å². The highest BCUT2D eigenvalue weighted by molar-refractivity contribution is 7.80. The zero-order valence-corrected chi connectivity index (χ0v) is 11.1. The quantitative estimate of drug-likeness (QED) is 0.810. The lowest BCUT2D eigenvalue weighted by molar-refractivity contribution is 0.359. The van der Waals surface area contributed by atoms with Gasteiger partial charge in [0.25, 0.3) is 0 Å². The summed E-state index contributed by atoms with van der Waals surface area (Å²) in [5.74, 6) is 1.41. The molecule has 1 saturated heterocycles. The lowest BCUT2D eigenvalue weighted by Crippen LogP contribution is -2.43. The van der Waals surface area contributed by atoms with Crippen LogP contribution in [0.4, 0.5) is 5.95 Å². The van der Waals surface area contributed by atoms with E-state index in [1.165, 1.54) is 12.8 Å². The van der Waals surface area contributed by atoms with Gasteiger partial charge in [0.2, 0.25) is 5.95 Å². The standard InChI is InChI=1S/C12H18N4S/c1-8-4-3-7-16(9(8)2)12-14-6-5-10(15-12)11(13)17/h5-6,8-9H,3-4,7H2,1-2H3,(H2,13,17). The van der Waals surface area contributed by atoms with Gasteiger partial charge in [0, 0.05) is 18.8 Å². The van der Waals surface area contributed by atoms with Crippen molar-refractivity contribution in [3.63, 3.8) is 0 Å². The van der Waals surface area contributed by atoms with Crippen molar-refractivity contribution < 1.29 is 0 Å². The molecule has 0 amide bonds. The first-order valence-electron chi connectivity index (χ1n) is 5.99. The predicted octanol–water partition coefficient (Wildman–Crippen LogP) is 1.74. The third-order valence-corrected chi connectivity index (χ3v) is 3.73. The second-order valence-corrected chi connectivity index (χ2v) is 5.10. The molecule has 2 rings (SSSR count). The SMILES string of the molecule is CC1CCCN(c2nccc(C(N)=S)n2)C1C. The first kappa shape index (κ1) is 12.2. The largest absolute Gasteiger partial charge is 0.388 e. The molecule has 0 radical (unpaired) electrons. The van der Waals surface area contributed by atoms with Crippen molar-refractivity contribution in [1.82, 2.24) is 9.97 Å². The molecule has 2 atom stereocenters. The van der Waals surface area contributed by atoms with Gasteiger partial charge in [-0.2, -0.15) is 0 Å². The second-order valence-electron chi connectivity index (χ2n) is 4.66. The van der Waals surface area contributed by atoms with E-state index in [2.05, 4.69) is 28.7 Å². The summed E-state index contributed by atoms with van der Waals surface area (Å²) in [7, 11) is 0. The van der Waals surface area contributed by atoms with Crippen LogP contribution in [-0.2, 0) is 0 Å². The van der Waals surface area contributed by atoms with E-state index in [0.717, 1.165) is 12.5 Å². The average molecular weight is 250 g/mol. The van der Waals surface area contributed by atoms with E-state index < -0.39 is 0 Å². The topological polar surface area (TPSA) is 55.0 Å². The zero-order chi connectivity index (χ0) is 12.4. The van der Waals surface area contributed by atoms with E-state index in [-0.39, 0.29) is 0 Å². The Labute approximate surface area is 107 Å². The van der Waals surface area contributed by atoms with E-state index in [1.54, 1.807) is 12.3 Å². The van der Waals surface area contributed by atoms with Gasteiger partial charge in [-0.25, -0.2) is 9.97 Å². The van der Waals surface area contributed by atoms with E-state index >= 15 is 0 Å². The maximum absolute atomic E-state index is 5.60. The van der Waals surface area contributed by atoms with Gasteiger partial charge >= 0.3 is 0 Å². The number of piperidine rings is 1. The normalized spacial score (nSPS) is 24.7. The molecule has 1 aromatic rings.